The third-order valence-corrected chi connectivity index (χ3v) is 18.4. The number of rotatable bonds is 1. The zero-order valence-corrected chi connectivity index (χ0v) is 45.3. The van der Waals surface area contributed by atoms with Crippen LogP contribution in [0.5, 0.6) is 0 Å². The van der Waals surface area contributed by atoms with Crippen molar-refractivity contribution in [3.05, 3.63) is 143 Å². The number of hydrogen-bond donors (Lipinski definition) is 0. The van der Waals surface area contributed by atoms with Crippen molar-refractivity contribution in [2.24, 2.45) is 0 Å². The van der Waals surface area contributed by atoms with E-state index >= 15 is 0 Å². The molecule has 10 aromatic rings. The van der Waals surface area contributed by atoms with Crippen molar-refractivity contribution in [2.45, 2.75) is 131 Å². The highest BCUT2D eigenvalue weighted by Crippen LogP contribution is 2.56. The Labute approximate surface area is 422 Å². The molecular weight excluding hydrogens is 886 g/mol. The van der Waals surface area contributed by atoms with Gasteiger partial charge in [-0.3, -0.25) is 0 Å². The highest BCUT2D eigenvalue weighted by atomic mass is 32.1. The van der Waals surface area contributed by atoms with Crippen LogP contribution in [0.25, 0.3) is 57.8 Å². The Morgan fingerprint density at radius 3 is 1.61 bits per heavy atom. The van der Waals surface area contributed by atoms with Crippen molar-refractivity contribution in [2.75, 3.05) is 9.80 Å². The van der Waals surface area contributed by atoms with Gasteiger partial charge in [0.05, 0.1) is 33.8 Å². The van der Waals surface area contributed by atoms with Gasteiger partial charge >= 0.3 is 0 Å². The van der Waals surface area contributed by atoms with E-state index in [1.54, 1.807) is 0 Å². The van der Waals surface area contributed by atoms with Gasteiger partial charge < -0.3 is 14.4 Å². The van der Waals surface area contributed by atoms with Crippen molar-refractivity contribution in [1.29, 1.82) is 0 Å². The fraction of sp³-hybridized carbons (Fsp3) is 0.312. The molecule has 0 N–H and O–H groups in total. The second-order valence-corrected chi connectivity index (χ2v) is 28.1. The number of hydrogen-bond acceptors (Lipinski definition) is 4. The summed E-state index contributed by atoms with van der Waals surface area (Å²) in [6, 6.07) is 46.3. The summed E-state index contributed by atoms with van der Waals surface area (Å²) in [5.74, 6) is 0. The fourth-order valence-electron chi connectivity index (χ4n) is 11.9. The summed E-state index contributed by atoms with van der Waals surface area (Å²) in [5, 5.41) is 6.67. The maximum Gasteiger partial charge on any atom is 0.264 e. The number of nitrogens with zero attached hydrogens (tertiary/aromatic N) is 3. The molecule has 0 spiro atoms. The van der Waals surface area contributed by atoms with Gasteiger partial charge in [-0.15, -0.1) is 22.7 Å². The molecule has 3 aliphatic rings. The van der Waals surface area contributed by atoms with E-state index in [9.17, 15) is 0 Å². The summed E-state index contributed by atoms with van der Waals surface area (Å²) in [5.41, 5.74) is 20.9. The van der Waals surface area contributed by atoms with Gasteiger partial charge in [-0.2, -0.15) is 0 Å². The van der Waals surface area contributed by atoms with Crippen LogP contribution in [0.3, 0.4) is 0 Å². The zero-order chi connectivity index (χ0) is 49.1. The van der Waals surface area contributed by atoms with Crippen molar-refractivity contribution in [3.63, 3.8) is 0 Å². The lowest BCUT2D eigenvalue weighted by Gasteiger charge is -2.46. The number of benzene rings is 7. The zero-order valence-electron chi connectivity index (χ0n) is 43.7. The van der Waals surface area contributed by atoms with Crippen LogP contribution in [0.2, 0.25) is 0 Å². The van der Waals surface area contributed by atoms with Crippen LogP contribution in [-0.2, 0) is 27.1 Å². The maximum atomic E-state index is 2.74. The van der Waals surface area contributed by atoms with Gasteiger partial charge in [0, 0.05) is 62.9 Å². The summed E-state index contributed by atoms with van der Waals surface area (Å²) in [4.78, 5) is 5.44. The van der Waals surface area contributed by atoms with Crippen LogP contribution in [-0.4, -0.2) is 11.3 Å². The van der Waals surface area contributed by atoms with Gasteiger partial charge in [0.25, 0.3) is 6.71 Å². The number of fused-ring (bicyclic) bond motifs is 14. The van der Waals surface area contributed by atoms with E-state index in [1.165, 1.54) is 135 Å². The van der Waals surface area contributed by atoms with E-state index in [4.69, 9.17) is 0 Å². The maximum absolute atomic E-state index is 2.74. The van der Waals surface area contributed by atoms with Crippen LogP contribution in [0.1, 0.15) is 132 Å². The molecule has 6 heteroatoms. The molecule has 13 rings (SSSR count). The SMILES string of the molecule is CC(C)(C)c1cc2c3c(c1)N1c4c(cc(C(C)(C)C)cc4-n4c5ccc(C(C)(C)C)cc5c5cc(C(C)(C)C)cc1c54)B3c1sc3ccc(C(C)(C)C)cc3c1N2c1ccc2c(c1)sc1ccccc12. The molecule has 350 valence electrons. The number of thiophene rings is 2. The summed E-state index contributed by atoms with van der Waals surface area (Å²) in [6.07, 6.45) is 0. The minimum Gasteiger partial charge on any atom is -0.310 e. The van der Waals surface area contributed by atoms with Crippen LogP contribution >= 0.6 is 22.7 Å². The van der Waals surface area contributed by atoms with E-state index in [0.717, 1.165) is 0 Å². The lowest BCUT2D eigenvalue weighted by atomic mass is 9.35. The molecule has 3 aromatic heterocycles. The van der Waals surface area contributed by atoms with Crippen LogP contribution in [0, 0.1) is 0 Å². The average Bonchev–Trinajstić information content (AvgIpc) is 3.96. The Kier molecular flexibility index (Phi) is 8.82. The lowest BCUT2D eigenvalue weighted by molar-refractivity contribution is 0.589. The molecule has 0 fully saturated rings. The Bertz CT molecular complexity index is 3930. The standard InChI is InChI=1S/C64H64BN3S2/c1-60(2,3)35-20-24-47-43(26-35)44-28-37(62(7,8)9)32-50-56(44)67(47)51-33-38(63(10,11)12)29-46-58(51)68(50)49-31-39(64(13,14)15)30-48-55(49)65(46)59-57(45-27-36(61(4,5)6)21-25-53(45)70-59)66(48)40-22-23-42-41-18-16-17-19-52(41)69-54(42)34-40/h16-34H,1-15H3. The highest BCUT2D eigenvalue weighted by molar-refractivity contribution is 7.33. The van der Waals surface area contributed by atoms with Gasteiger partial charge in [0.2, 0.25) is 0 Å². The Morgan fingerprint density at radius 2 is 0.929 bits per heavy atom. The van der Waals surface area contributed by atoms with Crippen molar-refractivity contribution in [3.8, 4) is 5.69 Å². The van der Waals surface area contributed by atoms with Crippen LogP contribution < -0.4 is 25.5 Å². The molecule has 6 heterocycles. The number of aromatic nitrogens is 1. The van der Waals surface area contributed by atoms with Crippen LogP contribution in [0.4, 0.5) is 34.1 Å². The van der Waals surface area contributed by atoms with E-state index in [-0.39, 0.29) is 33.8 Å². The van der Waals surface area contributed by atoms with Gasteiger partial charge in [0.15, 0.2) is 0 Å². The Morgan fingerprint density at radius 1 is 0.386 bits per heavy atom. The first kappa shape index (κ1) is 44.1. The molecule has 3 aliphatic heterocycles. The third-order valence-electron chi connectivity index (χ3n) is 16.0. The Hall–Kier alpha value is -5.82. The normalized spacial score (nSPS) is 14.7. The van der Waals surface area contributed by atoms with Crippen molar-refractivity contribution < 1.29 is 0 Å². The first-order chi connectivity index (χ1) is 32.9. The molecule has 0 saturated carbocycles. The minimum atomic E-state index is -0.131. The minimum absolute atomic E-state index is 0.00769. The van der Waals surface area contributed by atoms with Gasteiger partial charge in [-0.1, -0.05) is 146 Å². The largest absolute Gasteiger partial charge is 0.310 e. The van der Waals surface area contributed by atoms with Gasteiger partial charge in [0.1, 0.15) is 0 Å². The summed E-state index contributed by atoms with van der Waals surface area (Å²) in [6.45, 7) is 35.6. The molecule has 0 amide bonds. The van der Waals surface area contributed by atoms with Gasteiger partial charge in [-0.25, -0.2) is 0 Å². The molecule has 0 unspecified atom stereocenters. The topological polar surface area (TPSA) is 11.4 Å². The molecular formula is C64H64BN3S2. The molecule has 0 bridgehead atoms. The smallest absolute Gasteiger partial charge is 0.264 e. The van der Waals surface area contributed by atoms with E-state index in [0.29, 0.717) is 0 Å². The number of anilines is 6. The molecule has 3 nitrogen and oxygen atoms in total. The fourth-order valence-corrected chi connectivity index (χ4v) is 14.4. The molecule has 0 radical (unpaired) electrons. The summed E-state index contributed by atoms with van der Waals surface area (Å²) >= 11 is 3.92. The lowest BCUT2D eigenvalue weighted by Crippen LogP contribution is -2.61. The highest BCUT2D eigenvalue weighted by Gasteiger charge is 2.49. The van der Waals surface area contributed by atoms with Crippen molar-refractivity contribution >= 4 is 131 Å². The molecule has 7 aromatic carbocycles. The van der Waals surface area contributed by atoms with E-state index in [2.05, 4.69) is 233 Å². The van der Waals surface area contributed by atoms with Crippen LogP contribution in [0.15, 0.2) is 115 Å². The molecule has 70 heavy (non-hydrogen) atoms. The van der Waals surface area contributed by atoms with E-state index in [1.807, 2.05) is 22.7 Å². The third kappa shape index (κ3) is 6.17. The molecule has 0 atom stereocenters. The second-order valence-electron chi connectivity index (χ2n) is 26.0. The second kappa shape index (κ2) is 14.0. The molecule has 0 saturated heterocycles. The first-order valence-corrected chi connectivity index (χ1v) is 27.1. The summed E-state index contributed by atoms with van der Waals surface area (Å²) < 4.78 is 8.09. The predicted octanol–water partition coefficient (Wildman–Crippen LogP) is 17.2. The summed E-state index contributed by atoms with van der Waals surface area (Å²) in [7, 11) is 0. The van der Waals surface area contributed by atoms with Gasteiger partial charge in [-0.05, 0) is 139 Å². The van der Waals surface area contributed by atoms with Crippen molar-refractivity contribution in [1.82, 2.24) is 4.57 Å². The molecule has 0 aliphatic carbocycles. The quantitative estimate of drug-likeness (QED) is 0.152. The first-order valence-electron chi connectivity index (χ1n) is 25.5. The van der Waals surface area contributed by atoms with E-state index < -0.39 is 0 Å². The monoisotopic (exact) mass is 949 g/mol. The Balaban J connectivity index is 1.22. The predicted molar refractivity (Wildman–Crippen MR) is 310 cm³/mol. The average molecular weight is 950 g/mol.